The van der Waals surface area contributed by atoms with Gasteiger partial charge in [-0.2, -0.15) is 0 Å². The molecule has 2 rings (SSSR count). The largest absolute Gasteiger partial charge is 0.336 e. The maximum absolute atomic E-state index is 12.1. The van der Waals surface area contributed by atoms with Gasteiger partial charge in [-0.1, -0.05) is 13.8 Å². The highest BCUT2D eigenvalue weighted by molar-refractivity contribution is 7.71. The van der Waals surface area contributed by atoms with Crippen LogP contribution in [0.4, 0.5) is 0 Å². The summed E-state index contributed by atoms with van der Waals surface area (Å²) in [5, 5.41) is 0. The molecule has 0 spiro atoms. The van der Waals surface area contributed by atoms with Gasteiger partial charge in [0.25, 0.3) is 5.56 Å². The van der Waals surface area contributed by atoms with E-state index in [0.29, 0.717) is 22.5 Å². The van der Waals surface area contributed by atoms with E-state index in [1.807, 2.05) is 25.3 Å². The van der Waals surface area contributed by atoms with Gasteiger partial charge in [0.15, 0.2) is 10.4 Å². The van der Waals surface area contributed by atoms with Gasteiger partial charge in [0, 0.05) is 19.5 Å². The molecule has 0 saturated heterocycles. The maximum atomic E-state index is 12.1. The van der Waals surface area contributed by atoms with Crippen LogP contribution in [0.1, 0.15) is 32.5 Å². The number of imidazole rings is 1. The first-order valence-electron chi connectivity index (χ1n) is 5.66. The summed E-state index contributed by atoms with van der Waals surface area (Å²) in [4.78, 5) is 19.6. The van der Waals surface area contributed by atoms with Crippen molar-refractivity contribution in [1.29, 1.82) is 0 Å². The van der Waals surface area contributed by atoms with Gasteiger partial charge in [-0.05, 0) is 19.1 Å². The Bertz CT molecular complexity index is 677. The first-order chi connectivity index (χ1) is 7.97. The van der Waals surface area contributed by atoms with Gasteiger partial charge in [-0.3, -0.25) is 9.36 Å². The lowest BCUT2D eigenvalue weighted by Crippen LogP contribution is -2.22. The molecule has 0 fully saturated rings. The summed E-state index contributed by atoms with van der Waals surface area (Å²) in [6.07, 6.45) is 0. The molecule has 17 heavy (non-hydrogen) atoms. The Morgan fingerprint density at radius 3 is 2.65 bits per heavy atom. The molecule has 0 saturated carbocycles. The van der Waals surface area contributed by atoms with Crippen LogP contribution in [0.15, 0.2) is 4.79 Å². The zero-order valence-corrected chi connectivity index (χ0v) is 11.3. The fourth-order valence-corrected chi connectivity index (χ4v) is 2.11. The van der Waals surface area contributed by atoms with Gasteiger partial charge in [0.05, 0.1) is 0 Å². The predicted molar refractivity (Wildman–Crippen MR) is 69.9 cm³/mol. The van der Waals surface area contributed by atoms with Crippen LogP contribution in [0.5, 0.6) is 0 Å². The molecule has 5 nitrogen and oxygen atoms in total. The highest BCUT2D eigenvalue weighted by Crippen LogP contribution is 2.14. The van der Waals surface area contributed by atoms with Crippen LogP contribution in [-0.2, 0) is 13.6 Å². The van der Waals surface area contributed by atoms with Crippen molar-refractivity contribution in [3.8, 4) is 0 Å². The van der Waals surface area contributed by atoms with Gasteiger partial charge >= 0.3 is 0 Å². The smallest absolute Gasteiger partial charge is 0.280 e. The number of hydrogen-bond donors (Lipinski definition) is 1. The molecule has 6 heteroatoms. The lowest BCUT2D eigenvalue weighted by atomic mass is 10.2. The third-order valence-electron chi connectivity index (χ3n) is 2.86. The molecule has 0 amide bonds. The van der Waals surface area contributed by atoms with E-state index in [4.69, 9.17) is 12.2 Å². The molecule has 0 atom stereocenters. The summed E-state index contributed by atoms with van der Waals surface area (Å²) in [7, 11) is 1.69. The Morgan fingerprint density at radius 2 is 2.12 bits per heavy atom. The highest BCUT2D eigenvalue weighted by Gasteiger charge is 2.14. The normalized spacial score (nSPS) is 11.6. The predicted octanol–water partition coefficient (Wildman–Crippen LogP) is 1.94. The topological polar surface area (TPSA) is 55.6 Å². The van der Waals surface area contributed by atoms with Crippen LogP contribution in [0.25, 0.3) is 11.2 Å². The molecular formula is C11H16N4OS. The number of H-pyrrole nitrogens is 1. The Morgan fingerprint density at radius 1 is 1.47 bits per heavy atom. The van der Waals surface area contributed by atoms with E-state index in [1.54, 1.807) is 7.05 Å². The quantitative estimate of drug-likeness (QED) is 0.831. The molecule has 1 N–H and O–H groups in total. The zero-order valence-electron chi connectivity index (χ0n) is 10.4. The number of aryl methyl sites for hydroxylation is 1. The summed E-state index contributed by atoms with van der Waals surface area (Å²) in [6.45, 7) is 6.76. The first kappa shape index (κ1) is 12.0. The standard InChI is InChI=1S/C11H16N4OS/c1-5-15-9-7(10(16)14(4)11(15)17)12-8(13-9)6(2)3/h6H,5H2,1-4H3,(H,12,13). The minimum Gasteiger partial charge on any atom is -0.336 e. The van der Waals surface area contributed by atoms with Crippen LogP contribution in [-0.4, -0.2) is 19.1 Å². The Kier molecular flexibility index (Phi) is 2.91. The number of nitrogens with zero attached hydrogens (tertiary/aromatic N) is 3. The van der Waals surface area contributed by atoms with Crippen LogP contribution >= 0.6 is 12.2 Å². The Labute approximate surface area is 104 Å². The van der Waals surface area contributed by atoms with E-state index in [-0.39, 0.29) is 11.5 Å². The lowest BCUT2D eigenvalue weighted by molar-refractivity contribution is 0.679. The van der Waals surface area contributed by atoms with Crippen molar-refractivity contribution >= 4 is 23.4 Å². The fraction of sp³-hybridized carbons (Fsp3) is 0.545. The van der Waals surface area contributed by atoms with E-state index in [0.717, 1.165) is 5.82 Å². The number of nitrogens with one attached hydrogen (secondary N) is 1. The van der Waals surface area contributed by atoms with Crippen LogP contribution in [0.2, 0.25) is 0 Å². The minimum absolute atomic E-state index is 0.117. The van der Waals surface area contributed by atoms with Gasteiger partial charge in [-0.15, -0.1) is 0 Å². The molecule has 0 unspecified atom stereocenters. The number of rotatable bonds is 2. The number of aromatic amines is 1. The molecular weight excluding hydrogens is 236 g/mol. The summed E-state index contributed by atoms with van der Waals surface area (Å²) in [5.41, 5.74) is 1.07. The Balaban J connectivity index is 2.97. The van der Waals surface area contributed by atoms with Crippen LogP contribution in [0, 0.1) is 4.77 Å². The van der Waals surface area contributed by atoms with Gasteiger partial charge in [-0.25, -0.2) is 4.98 Å². The van der Waals surface area contributed by atoms with Crippen molar-refractivity contribution < 1.29 is 0 Å². The fourth-order valence-electron chi connectivity index (χ4n) is 1.81. The molecule has 0 aliphatic heterocycles. The van der Waals surface area contributed by atoms with E-state index in [2.05, 4.69) is 9.97 Å². The highest BCUT2D eigenvalue weighted by atomic mass is 32.1. The first-order valence-corrected chi connectivity index (χ1v) is 6.07. The van der Waals surface area contributed by atoms with E-state index in [1.165, 1.54) is 4.57 Å². The molecule has 2 heterocycles. The summed E-state index contributed by atoms with van der Waals surface area (Å²) in [5.74, 6) is 1.07. The molecule has 2 aromatic rings. The maximum Gasteiger partial charge on any atom is 0.280 e. The second-order valence-corrected chi connectivity index (χ2v) is 4.73. The van der Waals surface area contributed by atoms with Crippen LogP contribution in [0.3, 0.4) is 0 Å². The van der Waals surface area contributed by atoms with E-state index >= 15 is 0 Å². The summed E-state index contributed by atoms with van der Waals surface area (Å²) < 4.78 is 3.85. The molecule has 0 aliphatic rings. The number of fused-ring (bicyclic) bond motifs is 1. The van der Waals surface area contributed by atoms with Crippen molar-refractivity contribution in [2.45, 2.75) is 33.2 Å². The van der Waals surface area contributed by atoms with E-state index in [9.17, 15) is 4.79 Å². The van der Waals surface area contributed by atoms with Crippen LogP contribution < -0.4 is 5.56 Å². The van der Waals surface area contributed by atoms with Gasteiger partial charge in [0.1, 0.15) is 11.3 Å². The summed E-state index contributed by atoms with van der Waals surface area (Å²) >= 11 is 5.25. The van der Waals surface area contributed by atoms with Crippen molar-refractivity contribution in [2.75, 3.05) is 0 Å². The monoisotopic (exact) mass is 252 g/mol. The number of hydrogen-bond acceptors (Lipinski definition) is 3. The average Bonchev–Trinajstić information content (AvgIpc) is 2.72. The van der Waals surface area contributed by atoms with Crippen molar-refractivity contribution in [1.82, 2.24) is 19.1 Å². The second-order valence-electron chi connectivity index (χ2n) is 4.37. The van der Waals surface area contributed by atoms with Gasteiger partial charge in [0.2, 0.25) is 0 Å². The molecule has 0 aromatic carbocycles. The van der Waals surface area contributed by atoms with Crippen molar-refractivity contribution in [3.05, 3.63) is 20.9 Å². The van der Waals surface area contributed by atoms with Crippen molar-refractivity contribution in [2.24, 2.45) is 7.05 Å². The average molecular weight is 252 g/mol. The molecule has 92 valence electrons. The van der Waals surface area contributed by atoms with Gasteiger partial charge < -0.3 is 9.55 Å². The third-order valence-corrected chi connectivity index (χ3v) is 3.35. The Hall–Kier alpha value is -1.43. The molecule has 2 aromatic heterocycles. The zero-order chi connectivity index (χ0) is 12.7. The number of aromatic nitrogens is 4. The SMILES string of the molecule is CCn1c(=S)n(C)c(=O)c2[nH]c(C(C)C)nc21. The lowest BCUT2D eigenvalue weighted by Gasteiger charge is -2.07. The minimum atomic E-state index is -0.117. The molecule has 0 radical (unpaired) electrons. The van der Waals surface area contributed by atoms with Crippen molar-refractivity contribution in [3.63, 3.8) is 0 Å². The second kappa shape index (κ2) is 4.10. The summed E-state index contributed by atoms with van der Waals surface area (Å²) in [6, 6.07) is 0. The molecule has 0 bridgehead atoms. The third kappa shape index (κ3) is 1.72. The van der Waals surface area contributed by atoms with E-state index < -0.39 is 0 Å². The molecule has 0 aliphatic carbocycles.